The summed E-state index contributed by atoms with van der Waals surface area (Å²) in [5.74, 6) is 1.43. The Morgan fingerprint density at radius 3 is 2.15 bits per heavy atom. The van der Waals surface area contributed by atoms with Crippen LogP contribution < -0.4 is 5.32 Å². The van der Waals surface area contributed by atoms with Crippen LogP contribution in [0.2, 0.25) is 0 Å². The van der Waals surface area contributed by atoms with Crippen molar-refractivity contribution < 1.29 is 9.47 Å². The highest BCUT2D eigenvalue weighted by atomic mass is 16.5. The van der Waals surface area contributed by atoms with Crippen molar-refractivity contribution in [3.8, 4) is 0 Å². The highest BCUT2D eigenvalue weighted by Gasteiger charge is 2.47. The number of rotatable bonds is 3. The van der Waals surface area contributed by atoms with Gasteiger partial charge in [0, 0.05) is 32.3 Å². The van der Waals surface area contributed by atoms with Crippen molar-refractivity contribution in [3.63, 3.8) is 0 Å². The molecule has 0 amide bonds. The van der Waals surface area contributed by atoms with Crippen LogP contribution in [0.4, 0.5) is 0 Å². The van der Waals surface area contributed by atoms with Crippen molar-refractivity contribution in [2.45, 2.75) is 55.6 Å². The molecule has 4 aliphatic rings. The van der Waals surface area contributed by atoms with Crippen LogP contribution in [-0.4, -0.2) is 62.5 Å². The standard InChI is InChI=1S/C22H32N2O2/c1-2-4-21(18-7-11-25-12-8-18)20(3-1)17-5-9-24(10-6-17)19-13-22(26-14-19)15-23-16-22/h1-4,17-19,23H,5-16H2. The molecule has 26 heavy (non-hydrogen) atoms. The molecule has 4 saturated heterocycles. The molecule has 1 aromatic carbocycles. The van der Waals surface area contributed by atoms with Gasteiger partial charge in [0.05, 0.1) is 12.2 Å². The molecule has 0 aromatic heterocycles. The second-order valence-electron chi connectivity index (χ2n) is 8.78. The van der Waals surface area contributed by atoms with Crippen molar-refractivity contribution in [3.05, 3.63) is 35.4 Å². The molecule has 0 aliphatic carbocycles. The number of nitrogens with zero attached hydrogens (tertiary/aromatic N) is 1. The van der Waals surface area contributed by atoms with E-state index in [0.29, 0.717) is 12.0 Å². The number of hydrogen-bond donors (Lipinski definition) is 1. The lowest BCUT2D eigenvalue weighted by Gasteiger charge is -2.40. The SMILES string of the molecule is c1ccc(C2CCN(C3COC4(CNC4)C3)CC2)c(C2CCOCC2)c1. The summed E-state index contributed by atoms with van der Waals surface area (Å²) in [7, 11) is 0. The predicted octanol–water partition coefficient (Wildman–Crippen LogP) is 2.89. The number of likely N-dealkylation sites (tertiary alicyclic amines) is 1. The van der Waals surface area contributed by atoms with E-state index in [9.17, 15) is 0 Å². The van der Waals surface area contributed by atoms with E-state index in [2.05, 4.69) is 34.5 Å². The van der Waals surface area contributed by atoms with Crippen LogP contribution in [0.3, 0.4) is 0 Å². The van der Waals surface area contributed by atoms with E-state index in [4.69, 9.17) is 9.47 Å². The van der Waals surface area contributed by atoms with Crippen molar-refractivity contribution in [2.24, 2.45) is 0 Å². The number of benzene rings is 1. The first-order valence-corrected chi connectivity index (χ1v) is 10.6. The second-order valence-corrected chi connectivity index (χ2v) is 8.78. The lowest BCUT2D eigenvalue weighted by Crippen LogP contribution is -2.59. The Bertz CT molecular complexity index is 616. The Labute approximate surface area is 157 Å². The number of hydrogen-bond acceptors (Lipinski definition) is 4. The van der Waals surface area contributed by atoms with Crippen LogP contribution in [0.1, 0.15) is 55.1 Å². The zero-order valence-electron chi connectivity index (χ0n) is 15.8. The minimum atomic E-state index is 0.178. The van der Waals surface area contributed by atoms with Gasteiger partial charge in [0.15, 0.2) is 0 Å². The number of nitrogens with one attached hydrogen (secondary N) is 1. The van der Waals surface area contributed by atoms with E-state index in [1.807, 2.05) is 0 Å². The lowest BCUT2D eigenvalue weighted by atomic mass is 9.80. The van der Waals surface area contributed by atoms with Crippen LogP contribution in [-0.2, 0) is 9.47 Å². The Balaban J connectivity index is 1.23. The third-order valence-corrected chi connectivity index (χ3v) is 7.23. The smallest absolute Gasteiger partial charge is 0.0946 e. The molecule has 4 heteroatoms. The van der Waals surface area contributed by atoms with Gasteiger partial charge >= 0.3 is 0 Å². The summed E-state index contributed by atoms with van der Waals surface area (Å²) in [6.07, 6.45) is 6.18. The van der Waals surface area contributed by atoms with Gasteiger partial charge in [0.2, 0.25) is 0 Å². The fraction of sp³-hybridized carbons (Fsp3) is 0.727. The molecule has 4 aliphatic heterocycles. The minimum Gasteiger partial charge on any atom is -0.381 e. The first-order valence-electron chi connectivity index (χ1n) is 10.6. The Morgan fingerprint density at radius 1 is 0.923 bits per heavy atom. The predicted molar refractivity (Wildman–Crippen MR) is 103 cm³/mol. The lowest BCUT2D eigenvalue weighted by molar-refractivity contribution is -0.0367. The summed E-state index contributed by atoms with van der Waals surface area (Å²) < 4.78 is 11.7. The van der Waals surface area contributed by atoms with E-state index >= 15 is 0 Å². The molecular formula is C22H32N2O2. The van der Waals surface area contributed by atoms with E-state index in [1.54, 1.807) is 11.1 Å². The normalized spacial score (nSPS) is 30.5. The molecule has 1 unspecified atom stereocenters. The van der Waals surface area contributed by atoms with Gasteiger partial charge in [0.1, 0.15) is 0 Å². The zero-order chi connectivity index (χ0) is 17.4. The highest BCUT2D eigenvalue weighted by molar-refractivity contribution is 5.34. The topological polar surface area (TPSA) is 33.7 Å². The maximum absolute atomic E-state index is 6.14. The molecule has 142 valence electrons. The first-order chi connectivity index (χ1) is 12.8. The summed E-state index contributed by atoms with van der Waals surface area (Å²) in [4.78, 5) is 2.71. The van der Waals surface area contributed by atoms with Crippen LogP contribution in [0.25, 0.3) is 0 Å². The summed E-state index contributed by atoms with van der Waals surface area (Å²) in [5.41, 5.74) is 3.41. The molecule has 0 radical (unpaired) electrons. The fourth-order valence-electron chi connectivity index (χ4n) is 5.54. The third-order valence-electron chi connectivity index (χ3n) is 7.23. The van der Waals surface area contributed by atoms with Crippen molar-refractivity contribution >= 4 is 0 Å². The van der Waals surface area contributed by atoms with E-state index in [0.717, 1.165) is 38.8 Å². The third kappa shape index (κ3) is 3.22. The highest BCUT2D eigenvalue weighted by Crippen LogP contribution is 2.39. The Morgan fingerprint density at radius 2 is 1.58 bits per heavy atom. The summed E-state index contributed by atoms with van der Waals surface area (Å²) in [6.45, 7) is 7.35. The quantitative estimate of drug-likeness (QED) is 0.903. The van der Waals surface area contributed by atoms with Crippen LogP contribution in [0, 0.1) is 0 Å². The molecule has 5 rings (SSSR count). The maximum atomic E-state index is 6.14. The van der Waals surface area contributed by atoms with Gasteiger partial charge in [-0.1, -0.05) is 24.3 Å². The molecular weight excluding hydrogens is 324 g/mol. The van der Waals surface area contributed by atoms with Crippen molar-refractivity contribution in [1.29, 1.82) is 0 Å². The molecule has 0 bridgehead atoms. The van der Waals surface area contributed by atoms with E-state index in [-0.39, 0.29) is 5.60 Å². The van der Waals surface area contributed by atoms with Crippen LogP contribution in [0.5, 0.6) is 0 Å². The summed E-state index contributed by atoms with van der Waals surface area (Å²) in [5, 5.41) is 3.38. The monoisotopic (exact) mass is 356 g/mol. The van der Waals surface area contributed by atoms with Gasteiger partial charge in [-0.25, -0.2) is 0 Å². The minimum absolute atomic E-state index is 0.178. The fourth-order valence-corrected chi connectivity index (χ4v) is 5.54. The Kier molecular flexibility index (Phi) is 4.78. The van der Waals surface area contributed by atoms with Crippen LogP contribution in [0.15, 0.2) is 24.3 Å². The molecule has 4 nitrogen and oxygen atoms in total. The molecule has 4 heterocycles. The zero-order valence-corrected chi connectivity index (χ0v) is 15.8. The second kappa shape index (κ2) is 7.23. The van der Waals surface area contributed by atoms with Gasteiger partial charge < -0.3 is 14.8 Å². The summed E-state index contributed by atoms with van der Waals surface area (Å²) >= 11 is 0. The van der Waals surface area contributed by atoms with Crippen molar-refractivity contribution in [1.82, 2.24) is 10.2 Å². The molecule has 0 saturated carbocycles. The molecule has 4 fully saturated rings. The number of ether oxygens (including phenoxy) is 2. The average molecular weight is 357 g/mol. The first kappa shape index (κ1) is 17.2. The van der Waals surface area contributed by atoms with Crippen LogP contribution >= 0.6 is 0 Å². The van der Waals surface area contributed by atoms with E-state index < -0.39 is 0 Å². The Hall–Kier alpha value is -0.940. The summed E-state index contributed by atoms with van der Waals surface area (Å²) in [6, 6.07) is 9.90. The van der Waals surface area contributed by atoms with E-state index in [1.165, 1.54) is 45.2 Å². The van der Waals surface area contributed by atoms with Gasteiger partial charge in [-0.3, -0.25) is 4.90 Å². The van der Waals surface area contributed by atoms with Gasteiger partial charge in [-0.2, -0.15) is 0 Å². The van der Waals surface area contributed by atoms with Crippen molar-refractivity contribution in [2.75, 3.05) is 46.0 Å². The van der Waals surface area contributed by atoms with Gasteiger partial charge in [0.25, 0.3) is 0 Å². The molecule has 1 spiro atoms. The largest absolute Gasteiger partial charge is 0.381 e. The van der Waals surface area contributed by atoms with Gasteiger partial charge in [-0.05, 0) is 68.2 Å². The van der Waals surface area contributed by atoms with Gasteiger partial charge in [-0.15, -0.1) is 0 Å². The molecule has 1 N–H and O–H groups in total. The molecule has 1 atom stereocenters. The number of piperidine rings is 1. The maximum Gasteiger partial charge on any atom is 0.0946 e. The average Bonchev–Trinajstić information content (AvgIpc) is 3.15. The molecule has 1 aromatic rings.